The summed E-state index contributed by atoms with van der Waals surface area (Å²) in [6, 6.07) is 7.39. The van der Waals surface area contributed by atoms with Crippen LogP contribution in [0.1, 0.15) is 33.3 Å². The van der Waals surface area contributed by atoms with Crippen molar-refractivity contribution in [2.24, 2.45) is 5.73 Å². The molecule has 1 aromatic carbocycles. The largest absolute Gasteiger partial charge is 0.436 e. The van der Waals surface area contributed by atoms with E-state index in [2.05, 4.69) is 10.3 Å². The van der Waals surface area contributed by atoms with Crippen LogP contribution < -0.4 is 11.1 Å². The molecule has 1 heterocycles. The van der Waals surface area contributed by atoms with Gasteiger partial charge in [-0.3, -0.25) is 4.79 Å². The van der Waals surface area contributed by atoms with E-state index in [0.717, 1.165) is 11.1 Å². The molecule has 104 valence electrons. The van der Waals surface area contributed by atoms with E-state index in [1.807, 2.05) is 24.3 Å². The molecule has 2 aromatic rings. The number of oxazole rings is 1. The van der Waals surface area contributed by atoms with E-state index in [-0.39, 0.29) is 11.7 Å². The average Bonchev–Trinajstić information content (AvgIpc) is 2.75. The Morgan fingerprint density at radius 1 is 1.35 bits per heavy atom. The molecule has 1 amide bonds. The Kier molecular flexibility index (Phi) is 4.14. The number of nitrogens with one attached hydrogen (secondary N) is 1. The van der Waals surface area contributed by atoms with Gasteiger partial charge in [-0.25, -0.2) is 4.98 Å². The lowest BCUT2D eigenvalue weighted by atomic mass is 10.1. The lowest BCUT2D eigenvalue weighted by molar-refractivity contribution is 0.0921. The lowest BCUT2D eigenvalue weighted by Crippen LogP contribution is -2.23. The summed E-state index contributed by atoms with van der Waals surface area (Å²) in [4.78, 5) is 16.4. The maximum atomic E-state index is 11.9. The zero-order valence-corrected chi connectivity index (χ0v) is 12.1. The highest BCUT2D eigenvalue weighted by molar-refractivity contribution is 7.80. The number of thiocarbonyl (C=S) groups is 1. The third-order valence-corrected chi connectivity index (χ3v) is 3.04. The molecule has 0 aliphatic heterocycles. The third-order valence-electron chi connectivity index (χ3n) is 2.80. The van der Waals surface area contributed by atoms with Crippen molar-refractivity contribution in [1.29, 1.82) is 0 Å². The van der Waals surface area contributed by atoms with Crippen LogP contribution in [0, 0.1) is 13.8 Å². The van der Waals surface area contributed by atoms with Crippen LogP contribution in [-0.2, 0) is 6.54 Å². The van der Waals surface area contributed by atoms with E-state index in [9.17, 15) is 4.79 Å². The first-order valence-corrected chi connectivity index (χ1v) is 6.49. The molecule has 0 spiro atoms. The monoisotopic (exact) mass is 289 g/mol. The zero-order chi connectivity index (χ0) is 14.7. The summed E-state index contributed by atoms with van der Waals surface area (Å²) in [6.45, 7) is 3.84. The van der Waals surface area contributed by atoms with Crippen LogP contribution in [-0.4, -0.2) is 15.9 Å². The van der Waals surface area contributed by atoms with Crippen molar-refractivity contribution >= 4 is 23.1 Å². The van der Waals surface area contributed by atoms with Gasteiger partial charge in [-0.2, -0.15) is 0 Å². The Bertz CT molecular complexity index is 647. The van der Waals surface area contributed by atoms with Crippen molar-refractivity contribution in [3.8, 4) is 0 Å². The normalized spacial score (nSPS) is 10.3. The average molecular weight is 289 g/mol. The van der Waals surface area contributed by atoms with Gasteiger partial charge in [-0.15, -0.1) is 0 Å². The van der Waals surface area contributed by atoms with Gasteiger partial charge < -0.3 is 15.5 Å². The number of amides is 1. The van der Waals surface area contributed by atoms with E-state index in [4.69, 9.17) is 22.4 Å². The minimum Gasteiger partial charge on any atom is -0.436 e. The Hall–Kier alpha value is -2.21. The second kappa shape index (κ2) is 5.83. The molecular weight excluding hydrogens is 274 g/mol. The number of aromatic nitrogens is 1. The SMILES string of the molecule is Cc1nc(C)c(C(=O)NCc2ccc(C(N)=S)cc2)o1. The number of rotatable bonds is 4. The quantitative estimate of drug-likeness (QED) is 0.840. The van der Waals surface area contributed by atoms with Crippen LogP contribution in [0.15, 0.2) is 28.7 Å². The first-order valence-electron chi connectivity index (χ1n) is 6.08. The molecule has 1 aromatic heterocycles. The predicted molar refractivity (Wildman–Crippen MR) is 79.5 cm³/mol. The number of carbonyl (C=O) groups is 1. The van der Waals surface area contributed by atoms with Crippen molar-refractivity contribution < 1.29 is 9.21 Å². The Balaban J connectivity index is 2.00. The van der Waals surface area contributed by atoms with E-state index < -0.39 is 0 Å². The summed E-state index contributed by atoms with van der Waals surface area (Å²) in [5, 5.41) is 2.78. The highest BCUT2D eigenvalue weighted by atomic mass is 32.1. The molecule has 5 nitrogen and oxygen atoms in total. The summed E-state index contributed by atoms with van der Waals surface area (Å²) in [5.74, 6) is 0.456. The summed E-state index contributed by atoms with van der Waals surface area (Å²) in [5.41, 5.74) is 7.86. The van der Waals surface area contributed by atoms with Gasteiger partial charge in [0.2, 0.25) is 5.76 Å². The molecule has 0 saturated heterocycles. The molecule has 0 unspecified atom stereocenters. The molecule has 0 bridgehead atoms. The van der Waals surface area contributed by atoms with Crippen molar-refractivity contribution in [3.63, 3.8) is 0 Å². The van der Waals surface area contributed by atoms with Gasteiger partial charge in [0.05, 0.1) is 5.69 Å². The smallest absolute Gasteiger partial charge is 0.289 e. The zero-order valence-electron chi connectivity index (χ0n) is 11.3. The molecule has 2 rings (SSSR count). The Labute approximate surface area is 122 Å². The number of nitrogens with zero attached hydrogens (tertiary/aromatic N) is 1. The summed E-state index contributed by atoms with van der Waals surface area (Å²) < 4.78 is 5.26. The number of carbonyl (C=O) groups excluding carboxylic acids is 1. The Morgan fingerprint density at radius 2 is 2.00 bits per heavy atom. The molecule has 0 fully saturated rings. The van der Waals surface area contributed by atoms with Crippen LogP contribution in [0.5, 0.6) is 0 Å². The number of aryl methyl sites for hydroxylation is 2. The van der Waals surface area contributed by atoms with E-state index >= 15 is 0 Å². The van der Waals surface area contributed by atoms with Crippen molar-refractivity contribution in [2.45, 2.75) is 20.4 Å². The van der Waals surface area contributed by atoms with E-state index in [0.29, 0.717) is 23.1 Å². The fourth-order valence-corrected chi connectivity index (χ4v) is 1.93. The first kappa shape index (κ1) is 14.2. The maximum Gasteiger partial charge on any atom is 0.289 e. The number of benzene rings is 1. The van der Waals surface area contributed by atoms with Crippen LogP contribution in [0.3, 0.4) is 0 Å². The third kappa shape index (κ3) is 3.21. The Morgan fingerprint density at radius 3 is 2.50 bits per heavy atom. The van der Waals surface area contributed by atoms with E-state index in [1.165, 1.54) is 0 Å². The predicted octanol–water partition coefficient (Wildman–Crippen LogP) is 1.86. The molecule has 0 radical (unpaired) electrons. The molecule has 0 atom stereocenters. The second-order valence-electron chi connectivity index (χ2n) is 4.39. The van der Waals surface area contributed by atoms with Crippen LogP contribution in [0.4, 0.5) is 0 Å². The van der Waals surface area contributed by atoms with Gasteiger partial charge in [-0.05, 0) is 12.5 Å². The topological polar surface area (TPSA) is 81.2 Å². The molecule has 0 aliphatic rings. The number of nitrogens with two attached hydrogens (primary N) is 1. The summed E-state index contributed by atoms with van der Waals surface area (Å²) in [6.07, 6.45) is 0. The van der Waals surface area contributed by atoms with Crippen LogP contribution >= 0.6 is 12.2 Å². The fraction of sp³-hybridized carbons (Fsp3) is 0.214. The highest BCUT2D eigenvalue weighted by Gasteiger charge is 2.15. The standard InChI is InChI=1S/C14H15N3O2S/c1-8-12(19-9(2)17-8)14(18)16-7-10-3-5-11(6-4-10)13(15)20/h3-6H,7H2,1-2H3,(H2,15,20)(H,16,18). The fourth-order valence-electron chi connectivity index (χ4n) is 1.79. The molecule has 6 heteroatoms. The minimum absolute atomic E-state index is 0.252. The summed E-state index contributed by atoms with van der Waals surface area (Å²) in [7, 11) is 0. The molecule has 0 aliphatic carbocycles. The van der Waals surface area contributed by atoms with Gasteiger partial charge in [0.15, 0.2) is 5.89 Å². The van der Waals surface area contributed by atoms with Gasteiger partial charge >= 0.3 is 0 Å². The maximum absolute atomic E-state index is 11.9. The second-order valence-corrected chi connectivity index (χ2v) is 4.83. The molecule has 20 heavy (non-hydrogen) atoms. The number of hydrogen-bond acceptors (Lipinski definition) is 4. The van der Waals surface area contributed by atoms with Gasteiger partial charge in [0, 0.05) is 19.0 Å². The van der Waals surface area contributed by atoms with Gasteiger partial charge in [-0.1, -0.05) is 36.5 Å². The minimum atomic E-state index is -0.276. The van der Waals surface area contributed by atoms with Crippen molar-refractivity contribution in [3.05, 3.63) is 52.7 Å². The molecule has 0 saturated carbocycles. The molecular formula is C14H15N3O2S. The summed E-state index contributed by atoms with van der Waals surface area (Å²) >= 11 is 4.88. The molecule has 3 N–H and O–H groups in total. The van der Waals surface area contributed by atoms with Crippen LogP contribution in [0.2, 0.25) is 0 Å². The lowest BCUT2D eigenvalue weighted by Gasteiger charge is -2.05. The van der Waals surface area contributed by atoms with Crippen molar-refractivity contribution in [2.75, 3.05) is 0 Å². The number of hydrogen-bond donors (Lipinski definition) is 2. The van der Waals surface area contributed by atoms with Crippen molar-refractivity contribution in [1.82, 2.24) is 10.3 Å². The van der Waals surface area contributed by atoms with Gasteiger partial charge in [0.25, 0.3) is 5.91 Å². The highest BCUT2D eigenvalue weighted by Crippen LogP contribution is 2.10. The van der Waals surface area contributed by atoms with E-state index in [1.54, 1.807) is 13.8 Å². The van der Waals surface area contributed by atoms with Crippen LogP contribution in [0.25, 0.3) is 0 Å². The first-order chi connectivity index (χ1) is 9.47. The van der Waals surface area contributed by atoms with Gasteiger partial charge in [0.1, 0.15) is 4.99 Å².